The van der Waals surface area contributed by atoms with Gasteiger partial charge in [0.15, 0.2) is 5.76 Å². The first kappa shape index (κ1) is 19.6. The van der Waals surface area contributed by atoms with Crippen LogP contribution in [-0.2, 0) is 0 Å². The molecule has 1 aromatic heterocycles. The largest absolute Gasteiger partial charge is 0.459 e. The van der Waals surface area contributed by atoms with Gasteiger partial charge in [-0.25, -0.2) is 4.79 Å². The van der Waals surface area contributed by atoms with Crippen molar-refractivity contribution in [2.75, 3.05) is 31.5 Å². The molecule has 1 fully saturated rings. The SMILES string of the molecule is Cc1cccc(Oc2ccc(NC(=O)N3CCN(C(=O)c4ccco4)CC3)cc2)c1. The lowest BCUT2D eigenvalue weighted by molar-refractivity contribution is 0.0640. The van der Waals surface area contributed by atoms with Gasteiger partial charge in [0.25, 0.3) is 5.91 Å². The highest BCUT2D eigenvalue weighted by Crippen LogP contribution is 2.24. The second-order valence-electron chi connectivity index (χ2n) is 7.13. The highest BCUT2D eigenvalue weighted by molar-refractivity contribution is 5.92. The predicted octanol–water partition coefficient (Wildman–Crippen LogP) is 4.37. The summed E-state index contributed by atoms with van der Waals surface area (Å²) in [7, 11) is 0. The molecule has 3 aromatic rings. The van der Waals surface area contributed by atoms with E-state index in [0.29, 0.717) is 43.4 Å². The molecule has 0 saturated carbocycles. The zero-order valence-corrected chi connectivity index (χ0v) is 16.7. The molecule has 1 saturated heterocycles. The summed E-state index contributed by atoms with van der Waals surface area (Å²) in [5, 5.41) is 2.89. The van der Waals surface area contributed by atoms with Crippen molar-refractivity contribution in [2.45, 2.75) is 6.92 Å². The van der Waals surface area contributed by atoms with Crippen molar-refractivity contribution in [2.24, 2.45) is 0 Å². The van der Waals surface area contributed by atoms with Crippen molar-refractivity contribution in [3.8, 4) is 11.5 Å². The van der Waals surface area contributed by atoms with Crippen molar-refractivity contribution < 1.29 is 18.7 Å². The van der Waals surface area contributed by atoms with Crippen LogP contribution in [0.1, 0.15) is 16.1 Å². The summed E-state index contributed by atoms with van der Waals surface area (Å²) in [5.41, 5.74) is 1.81. The molecule has 0 atom stereocenters. The summed E-state index contributed by atoms with van der Waals surface area (Å²) in [5.74, 6) is 1.64. The van der Waals surface area contributed by atoms with Crippen LogP contribution in [0.5, 0.6) is 11.5 Å². The van der Waals surface area contributed by atoms with Crippen LogP contribution in [-0.4, -0.2) is 47.9 Å². The van der Waals surface area contributed by atoms with Crippen LogP contribution in [0, 0.1) is 6.92 Å². The minimum absolute atomic E-state index is 0.149. The maximum absolute atomic E-state index is 12.5. The number of nitrogens with zero attached hydrogens (tertiary/aromatic N) is 2. The molecule has 0 radical (unpaired) electrons. The first-order valence-electron chi connectivity index (χ1n) is 9.82. The minimum atomic E-state index is -0.188. The Labute approximate surface area is 174 Å². The number of hydrogen-bond acceptors (Lipinski definition) is 4. The Hall–Kier alpha value is -3.74. The highest BCUT2D eigenvalue weighted by Gasteiger charge is 2.26. The molecule has 1 aliphatic heterocycles. The third kappa shape index (κ3) is 4.63. The smallest absolute Gasteiger partial charge is 0.321 e. The molecule has 4 rings (SSSR count). The number of anilines is 1. The van der Waals surface area contributed by atoms with Gasteiger partial charge in [0.05, 0.1) is 6.26 Å². The maximum Gasteiger partial charge on any atom is 0.321 e. The standard InChI is InChI=1S/C23H23N3O4/c1-17-4-2-5-20(16-17)30-19-9-7-18(8-10-19)24-23(28)26-13-11-25(12-14-26)22(27)21-6-3-15-29-21/h2-10,15-16H,11-14H2,1H3,(H,24,28). The van der Waals surface area contributed by atoms with E-state index in [1.54, 1.807) is 34.1 Å². The summed E-state index contributed by atoms with van der Waals surface area (Å²) >= 11 is 0. The zero-order chi connectivity index (χ0) is 20.9. The lowest BCUT2D eigenvalue weighted by Crippen LogP contribution is -2.51. The van der Waals surface area contributed by atoms with Gasteiger partial charge in [-0.05, 0) is 61.0 Å². The molecule has 2 heterocycles. The molecule has 154 valence electrons. The maximum atomic E-state index is 12.5. The van der Waals surface area contributed by atoms with Gasteiger partial charge >= 0.3 is 6.03 Å². The van der Waals surface area contributed by atoms with E-state index < -0.39 is 0 Å². The van der Waals surface area contributed by atoms with Crippen LogP contribution in [0.3, 0.4) is 0 Å². The molecule has 2 aromatic carbocycles. The lowest BCUT2D eigenvalue weighted by atomic mass is 10.2. The number of rotatable bonds is 4. The normalized spacial score (nSPS) is 13.8. The van der Waals surface area contributed by atoms with Gasteiger partial charge in [0.2, 0.25) is 0 Å². The second-order valence-corrected chi connectivity index (χ2v) is 7.13. The van der Waals surface area contributed by atoms with Gasteiger partial charge in [-0.3, -0.25) is 4.79 Å². The lowest BCUT2D eigenvalue weighted by Gasteiger charge is -2.34. The summed E-state index contributed by atoms with van der Waals surface area (Å²) < 4.78 is 11.0. The number of aryl methyl sites for hydroxylation is 1. The number of carbonyl (C=O) groups excluding carboxylic acids is 2. The summed E-state index contributed by atoms with van der Waals surface area (Å²) in [6, 6.07) is 18.2. The number of nitrogens with one attached hydrogen (secondary N) is 1. The van der Waals surface area contributed by atoms with Gasteiger partial charge in [0.1, 0.15) is 11.5 Å². The number of benzene rings is 2. The van der Waals surface area contributed by atoms with E-state index in [4.69, 9.17) is 9.15 Å². The molecule has 1 N–H and O–H groups in total. The van der Waals surface area contributed by atoms with Gasteiger partial charge in [-0.2, -0.15) is 0 Å². The Morgan fingerprint density at radius 2 is 1.63 bits per heavy atom. The number of hydrogen-bond donors (Lipinski definition) is 1. The number of amides is 3. The number of carbonyl (C=O) groups is 2. The first-order chi connectivity index (χ1) is 14.6. The van der Waals surface area contributed by atoms with Crippen LogP contribution < -0.4 is 10.1 Å². The summed E-state index contributed by atoms with van der Waals surface area (Å²) in [6.07, 6.45) is 1.48. The Balaban J connectivity index is 1.28. The monoisotopic (exact) mass is 405 g/mol. The van der Waals surface area contributed by atoms with Crippen molar-refractivity contribution >= 4 is 17.6 Å². The van der Waals surface area contributed by atoms with Crippen LogP contribution in [0.2, 0.25) is 0 Å². The Bertz CT molecular complexity index is 1010. The van der Waals surface area contributed by atoms with Gasteiger partial charge < -0.3 is 24.3 Å². The molecule has 3 amide bonds. The fraction of sp³-hybridized carbons (Fsp3) is 0.217. The molecule has 7 nitrogen and oxygen atoms in total. The van der Waals surface area contributed by atoms with E-state index in [9.17, 15) is 9.59 Å². The van der Waals surface area contributed by atoms with Crippen molar-refractivity contribution in [3.05, 3.63) is 78.3 Å². The van der Waals surface area contributed by atoms with Gasteiger partial charge in [0, 0.05) is 31.9 Å². The topological polar surface area (TPSA) is 75.0 Å². The van der Waals surface area contributed by atoms with E-state index in [0.717, 1.165) is 11.3 Å². The zero-order valence-electron chi connectivity index (χ0n) is 16.7. The van der Waals surface area contributed by atoms with Crippen LogP contribution in [0.15, 0.2) is 71.3 Å². The Morgan fingerprint density at radius 3 is 2.30 bits per heavy atom. The van der Waals surface area contributed by atoms with E-state index >= 15 is 0 Å². The van der Waals surface area contributed by atoms with Gasteiger partial charge in [-0.1, -0.05) is 12.1 Å². The first-order valence-corrected chi connectivity index (χ1v) is 9.82. The molecule has 0 unspecified atom stereocenters. The van der Waals surface area contributed by atoms with E-state index in [-0.39, 0.29) is 11.9 Å². The van der Waals surface area contributed by atoms with Crippen molar-refractivity contribution in [3.63, 3.8) is 0 Å². The quantitative estimate of drug-likeness (QED) is 0.699. The molecule has 0 bridgehead atoms. The predicted molar refractivity (Wildman–Crippen MR) is 113 cm³/mol. The van der Waals surface area contributed by atoms with Crippen LogP contribution in [0.4, 0.5) is 10.5 Å². The third-order valence-corrected chi connectivity index (χ3v) is 4.92. The van der Waals surface area contributed by atoms with E-state index in [2.05, 4.69) is 5.32 Å². The number of furan rings is 1. The number of urea groups is 1. The number of piperazine rings is 1. The molecule has 1 aliphatic rings. The molecule has 0 spiro atoms. The van der Waals surface area contributed by atoms with E-state index in [1.807, 2.05) is 43.3 Å². The summed E-state index contributed by atoms with van der Waals surface area (Å²) in [6.45, 7) is 3.88. The Kier molecular flexibility index (Phi) is 5.70. The van der Waals surface area contributed by atoms with Gasteiger partial charge in [-0.15, -0.1) is 0 Å². The highest BCUT2D eigenvalue weighted by atomic mass is 16.5. The molecule has 0 aliphatic carbocycles. The summed E-state index contributed by atoms with van der Waals surface area (Å²) in [4.78, 5) is 28.3. The second kappa shape index (κ2) is 8.73. The molecular formula is C23H23N3O4. The average Bonchev–Trinajstić information content (AvgIpc) is 3.30. The molecule has 7 heteroatoms. The fourth-order valence-corrected chi connectivity index (χ4v) is 3.29. The Morgan fingerprint density at radius 1 is 0.900 bits per heavy atom. The van der Waals surface area contributed by atoms with Crippen molar-refractivity contribution in [1.29, 1.82) is 0 Å². The minimum Gasteiger partial charge on any atom is -0.459 e. The molecular weight excluding hydrogens is 382 g/mol. The van der Waals surface area contributed by atoms with E-state index in [1.165, 1.54) is 6.26 Å². The third-order valence-electron chi connectivity index (χ3n) is 4.92. The average molecular weight is 405 g/mol. The fourth-order valence-electron chi connectivity index (χ4n) is 3.29. The number of ether oxygens (including phenoxy) is 1. The van der Waals surface area contributed by atoms with Crippen LogP contribution in [0.25, 0.3) is 0 Å². The van der Waals surface area contributed by atoms with Crippen LogP contribution >= 0.6 is 0 Å². The molecule has 30 heavy (non-hydrogen) atoms. The van der Waals surface area contributed by atoms with Crippen molar-refractivity contribution in [1.82, 2.24) is 9.80 Å².